The monoisotopic (exact) mass is 293 g/mol. The summed E-state index contributed by atoms with van der Waals surface area (Å²) in [6.45, 7) is 9.25. The average molecular weight is 293 g/mol. The van der Waals surface area contributed by atoms with Crippen molar-refractivity contribution in [2.75, 3.05) is 30.7 Å². The van der Waals surface area contributed by atoms with Crippen LogP contribution >= 0.6 is 11.3 Å². The first-order valence-corrected chi connectivity index (χ1v) is 7.91. The first-order chi connectivity index (χ1) is 9.72. The number of aromatic nitrogens is 2. The van der Waals surface area contributed by atoms with Crippen LogP contribution in [0.4, 0.5) is 11.4 Å². The fourth-order valence-corrected chi connectivity index (χ4v) is 2.78. The highest BCUT2D eigenvalue weighted by Gasteiger charge is 2.03. The molecule has 110 valence electrons. The second-order valence-electron chi connectivity index (χ2n) is 4.67. The van der Waals surface area contributed by atoms with Crippen LogP contribution in [-0.2, 0) is 13.1 Å². The predicted molar refractivity (Wildman–Crippen MR) is 86.1 cm³/mol. The van der Waals surface area contributed by atoms with Gasteiger partial charge in [0.15, 0.2) is 0 Å². The molecule has 0 aliphatic carbocycles. The van der Waals surface area contributed by atoms with E-state index in [1.54, 1.807) is 11.3 Å². The van der Waals surface area contributed by atoms with Crippen molar-refractivity contribution in [1.29, 1.82) is 0 Å². The molecule has 0 atom stereocenters. The molecule has 5 nitrogen and oxygen atoms in total. The van der Waals surface area contributed by atoms with Crippen molar-refractivity contribution >= 4 is 22.7 Å². The average Bonchev–Trinajstić information content (AvgIpc) is 3.07. The van der Waals surface area contributed by atoms with Gasteiger partial charge in [-0.2, -0.15) is 5.10 Å². The van der Waals surface area contributed by atoms with Gasteiger partial charge in [-0.1, -0.05) is 13.8 Å². The third kappa shape index (κ3) is 3.98. The maximum Gasteiger partial charge on any atom is 0.0729 e. The van der Waals surface area contributed by atoms with E-state index in [0.29, 0.717) is 0 Å². The number of rotatable bonds is 8. The molecule has 0 spiro atoms. The van der Waals surface area contributed by atoms with Gasteiger partial charge in [-0.15, -0.1) is 11.3 Å². The zero-order valence-electron chi connectivity index (χ0n) is 12.2. The molecule has 2 rings (SSSR count). The summed E-state index contributed by atoms with van der Waals surface area (Å²) in [7, 11) is 0. The van der Waals surface area contributed by atoms with Crippen molar-refractivity contribution < 1.29 is 0 Å². The number of nitrogens with two attached hydrogens (primary N) is 1. The van der Waals surface area contributed by atoms with E-state index in [-0.39, 0.29) is 0 Å². The third-order valence-electron chi connectivity index (χ3n) is 3.41. The molecule has 3 N–H and O–H groups in total. The summed E-state index contributed by atoms with van der Waals surface area (Å²) in [5.41, 5.74) is 7.76. The second-order valence-corrected chi connectivity index (χ2v) is 5.67. The number of hydrogen-bond donors (Lipinski definition) is 2. The van der Waals surface area contributed by atoms with E-state index in [0.717, 1.165) is 44.1 Å². The number of hydrogen-bond acceptors (Lipinski definition) is 5. The lowest BCUT2D eigenvalue weighted by Gasteiger charge is -2.17. The van der Waals surface area contributed by atoms with Gasteiger partial charge < -0.3 is 16.0 Å². The summed E-state index contributed by atoms with van der Waals surface area (Å²) in [6.07, 6.45) is 3.92. The Balaban J connectivity index is 1.81. The number of nitrogens with one attached hydrogen (secondary N) is 1. The molecule has 0 saturated carbocycles. The highest BCUT2D eigenvalue weighted by atomic mass is 32.1. The molecule has 0 radical (unpaired) electrons. The third-order valence-corrected chi connectivity index (χ3v) is 4.34. The molecule has 0 aromatic carbocycles. The number of nitrogens with zero attached hydrogens (tertiary/aromatic N) is 3. The van der Waals surface area contributed by atoms with Crippen LogP contribution in [0.1, 0.15) is 18.7 Å². The van der Waals surface area contributed by atoms with Crippen LogP contribution in [-0.4, -0.2) is 34.3 Å². The Bertz CT molecular complexity index is 515. The summed E-state index contributed by atoms with van der Waals surface area (Å²) < 4.78 is 1.98. The topological polar surface area (TPSA) is 59.1 Å². The van der Waals surface area contributed by atoms with Gasteiger partial charge in [0.2, 0.25) is 0 Å². The fraction of sp³-hybridized carbons (Fsp3) is 0.500. The highest BCUT2D eigenvalue weighted by molar-refractivity contribution is 7.10. The summed E-state index contributed by atoms with van der Waals surface area (Å²) >= 11 is 1.67. The van der Waals surface area contributed by atoms with Crippen LogP contribution < -0.4 is 11.1 Å². The first kappa shape index (κ1) is 14.9. The van der Waals surface area contributed by atoms with Gasteiger partial charge >= 0.3 is 0 Å². The molecule has 0 fully saturated rings. The number of nitrogen functional groups attached to an aromatic ring is 1. The summed E-state index contributed by atoms with van der Waals surface area (Å²) in [6, 6.07) is 1.94. The van der Waals surface area contributed by atoms with Crippen LogP contribution in [0, 0.1) is 0 Å². The maximum atomic E-state index is 5.87. The summed E-state index contributed by atoms with van der Waals surface area (Å²) in [4.78, 5) is 3.56. The molecule has 0 saturated heterocycles. The van der Waals surface area contributed by atoms with E-state index in [9.17, 15) is 0 Å². The van der Waals surface area contributed by atoms with Crippen molar-refractivity contribution in [3.63, 3.8) is 0 Å². The molecule has 2 aromatic rings. The van der Waals surface area contributed by atoms with E-state index in [2.05, 4.69) is 29.2 Å². The summed E-state index contributed by atoms with van der Waals surface area (Å²) in [5.74, 6) is 0. The molecule has 0 amide bonds. The van der Waals surface area contributed by atoms with Crippen LogP contribution in [0.5, 0.6) is 0 Å². The van der Waals surface area contributed by atoms with Gasteiger partial charge in [-0.3, -0.25) is 4.68 Å². The smallest absolute Gasteiger partial charge is 0.0729 e. The molecular formula is C14H23N5S. The van der Waals surface area contributed by atoms with Gasteiger partial charge in [0, 0.05) is 23.3 Å². The lowest BCUT2D eigenvalue weighted by Crippen LogP contribution is -2.27. The minimum Gasteiger partial charge on any atom is -0.398 e. The Morgan fingerprint density at radius 3 is 2.85 bits per heavy atom. The molecule has 2 heterocycles. The number of anilines is 2. The number of likely N-dealkylation sites (N-methyl/N-ethyl adjacent to an activating group) is 1. The maximum absolute atomic E-state index is 5.87. The van der Waals surface area contributed by atoms with Gasteiger partial charge in [0.1, 0.15) is 0 Å². The van der Waals surface area contributed by atoms with Crippen molar-refractivity contribution in [1.82, 2.24) is 14.7 Å². The van der Waals surface area contributed by atoms with Gasteiger partial charge in [0.05, 0.1) is 25.0 Å². The Morgan fingerprint density at radius 2 is 2.20 bits per heavy atom. The van der Waals surface area contributed by atoms with E-state index in [1.807, 2.05) is 28.5 Å². The Kier molecular flexibility index (Phi) is 5.43. The van der Waals surface area contributed by atoms with E-state index < -0.39 is 0 Å². The number of thiophene rings is 1. The van der Waals surface area contributed by atoms with Crippen LogP contribution in [0.2, 0.25) is 0 Å². The van der Waals surface area contributed by atoms with Crippen LogP contribution in [0.15, 0.2) is 23.8 Å². The predicted octanol–water partition coefficient (Wildman–Crippen LogP) is 2.48. The SMILES string of the molecule is CCN(CC)CCn1cc(NCc2sccc2N)cn1. The van der Waals surface area contributed by atoms with Crippen molar-refractivity contribution in [2.45, 2.75) is 26.9 Å². The minimum atomic E-state index is 0.755. The minimum absolute atomic E-state index is 0.755. The molecule has 6 heteroatoms. The van der Waals surface area contributed by atoms with Gasteiger partial charge in [-0.25, -0.2) is 0 Å². The van der Waals surface area contributed by atoms with Gasteiger partial charge in [0.25, 0.3) is 0 Å². The molecule has 20 heavy (non-hydrogen) atoms. The molecule has 2 aromatic heterocycles. The Labute approximate surface area is 124 Å². The van der Waals surface area contributed by atoms with Crippen molar-refractivity contribution in [2.24, 2.45) is 0 Å². The van der Waals surface area contributed by atoms with Crippen LogP contribution in [0.3, 0.4) is 0 Å². The standard InChI is InChI=1S/C14H23N5S/c1-3-18(4-2)6-7-19-11-12(9-17-19)16-10-14-13(15)5-8-20-14/h5,8-9,11,16H,3-4,6-7,10,15H2,1-2H3. The first-order valence-electron chi connectivity index (χ1n) is 7.03. The molecule has 0 aliphatic heterocycles. The molecular weight excluding hydrogens is 270 g/mol. The lowest BCUT2D eigenvalue weighted by molar-refractivity contribution is 0.285. The normalized spacial score (nSPS) is 11.2. The van der Waals surface area contributed by atoms with Crippen LogP contribution in [0.25, 0.3) is 0 Å². The Morgan fingerprint density at radius 1 is 1.40 bits per heavy atom. The summed E-state index contributed by atoms with van der Waals surface area (Å²) in [5, 5.41) is 9.75. The Hall–Kier alpha value is -1.53. The van der Waals surface area contributed by atoms with Crippen molar-refractivity contribution in [3.8, 4) is 0 Å². The fourth-order valence-electron chi connectivity index (χ4n) is 2.04. The van der Waals surface area contributed by atoms with Crippen molar-refractivity contribution in [3.05, 3.63) is 28.7 Å². The highest BCUT2D eigenvalue weighted by Crippen LogP contribution is 2.20. The zero-order chi connectivity index (χ0) is 14.4. The molecule has 0 aliphatic rings. The quantitative estimate of drug-likeness (QED) is 0.785. The zero-order valence-corrected chi connectivity index (χ0v) is 13.0. The lowest BCUT2D eigenvalue weighted by atomic mass is 10.4. The van der Waals surface area contributed by atoms with E-state index in [1.165, 1.54) is 4.88 Å². The molecule has 0 bridgehead atoms. The van der Waals surface area contributed by atoms with E-state index >= 15 is 0 Å². The van der Waals surface area contributed by atoms with E-state index in [4.69, 9.17) is 5.73 Å². The largest absolute Gasteiger partial charge is 0.398 e. The second kappa shape index (κ2) is 7.31. The van der Waals surface area contributed by atoms with Gasteiger partial charge in [-0.05, 0) is 24.5 Å². The molecule has 0 unspecified atom stereocenters.